The molecule has 6 heteroatoms. The SMILES string of the molecule is CCOc1cccc(/C(O)=C2/C(=O)C(=O)N(c3ccccc3OC)C2c2cccc(C)c2)c1. The number of hydrogen-bond acceptors (Lipinski definition) is 5. The van der Waals surface area contributed by atoms with Crippen LogP contribution in [0.4, 0.5) is 5.69 Å². The maximum absolute atomic E-state index is 13.3. The molecule has 4 rings (SSSR count). The number of amides is 1. The fourth-order valence-electron chi connectivity index (χ4n) is 4.12. The number of Topliss-reactive ketones (excluding diaryl/α,β-unsaturated/α-hetero) is 1. The third-order valence-corrected chi connectivity index (χ3v) is 5.57. The number of nitrogens with zero attached hydrogens (tertiary/aromatic N) is 1. The largest absolute Gasteiger partial charge is 0.507 e. The number of para-hydroxylation sites is 2. The molecule has 3 aromatic carbocycles. The van der Waals surface area contributed by atoms with Crippen LogP contribution in [0.5, 0.6) is 11.5 Å². The number of methoxy groups -OCH3 is 1. The van der Waals surface area contributed by atoms with Gasteiger partial charge in [-0.1, -0.05) is 54.1 Å². The molecule has 1 atom stereocenters. The molecule has 1 aliphatic rings. The van der Waals surface area contributed by atoms with Crippen LogP contribution in [-0.4, -0.2) is 30.5 Å². The Bertz CT molecular complexity index is 1250. The number of aliphatic hydroxyl groups is 1. The van der Waals surface area contributed by atoms with Crippen molar-refractivity contribution in [2.24, 2.45) is 0 Å². The first kappa shape index (κ1) is 22.1. The molecule has 0 aliphatic carbocycles. The van der Waals surface area contributed by atoms with E-state index in [9.17, 15) is 14.7 Å². The van der Waals surface area contributed by atoms with Crippen molar-refractivity contribution in [3.63, 3.8) is 0 Å². The first-order valence-corrected chi connectivity index (χ1v) is 10.7. The Hall–Kier alpha value is -4.06. The average molecular weight is 443 g/mol. The fraction of sp³-hybridized carbons (Fsp3) is 0.185. The highest BCUT2D eigenvalue weighted by Gasteiger charge is 2.47. The monoisotopic (exact) mass is 443 g/mol. The minimum atomic E-state index is -0.822. The van der Waals surface area contributed by atoms with E-state index in [0.717, 1.165) is 5.56 Å². The summed E-state index contributed by atoms with van der Waals surface area (Å²) in [5, 5.41) is 11.3. The van der Waals surface area contributed by atoms with Gasteiger partial charge in [0.1, 0.15) is 17.3 Å². The van der Waals surface area contributed by atoms with Gasteiger partial charge >= 0.3 is 0 Å². The Kier molecular flexibility index (Phi) is 6.18. The summed E-state index contributed by atoms with van der Waals surface area (Å²) < 4.78 is 11.0. The molecular weight excluding hydrogens is 418 g/mol. The van der Waals surface area contributed by atoms with Crippen LogP contribution in [0.15, 0.2) is 78.4 Å². The molecule has 1 heterocycles. The summed E-state index contributed by atoms with van der Waals surface area (Å²) in [7, 11) is 1.51. The third kappa shape index (κ3) is 4.07. The quantitative estimate of drug-likeness (QED) is 0.329. The van der Waals surface area contributed by atoms with Crippen molar-refractivity contribution in [1.82, 2.24) is 0 Å². The first-order valence-electron chi connectivity index (χ1n) is 10.7. The van der Waals surface area contributed by atoms with Crippen molar-refractivity contribution in [3.8, 4) is 11.5 Å². The van der Waals surface area contributed by atoms with Crippen molar-refractivity contribution in [3.05, 3.63) is 95.1 Å². The summed E-state index contributed by atoms with van der Waals surface area (Å²) in [4.78, 5) is 28.0. The number of benzene rings is 3. The van der Waals surface area contributed by atoms with E-state index in [-0.39, 0.29) is 11.3 Å². The maximum Gasteiger partial charge on any atom is 0.300 e. The zero-order valence-corrected chi connectivity index (χ0v) is 18.7. The number of aliphatic hydroxyl groups excluding tert-OH is 1. The molecule has 1 fully saturated rings. The van der Waals surface area contributed by atoms with E-state index in [1.54, 1.807) is 48.5 Å². The molecule has 0 spiro atoms. The predicted octanol–water partition coefficient (Wildman–Crippen LogP) is 5.03. The number of aryl methyl sites for hydroxylation is 1. The van der Waals surface area contributed by atoms with Gasteiger partial charge in [0.2, 0.25) is 0 Å². The molecular formula is C27H25NO5. The second-order valence-corrected chi connectivity index (χ2v) is 7.72. The average Bonchev–Trinajstić information content (AvgIpc) is 3.09. The minimum absolute atomic E-state index is 0.0187. The van der Waals surface area contributed by atoms with Gasteiger partial charge in [-0.2, -0.15) is 0 Å². The maximum atomic E-state index is 13.3. The van der Waals surface area contributed by atoms with E-state index >= 15 is 0 Å². The number of ether oxygens (including phenoxy) is 2. The van der Waals surface area contributed by atoms with Crippen LogP contribution in [-0.2, 0) is 9.59 Å². The number of ketones is 1. The fourth-order valence-corrected chi connectivity index (χ4v) is 4.12. The van der Waals surface area contributed by atoms with E-state index in [2.05, 4.69) is 0 Å². The van der Waals surface area contributed by atoms with Gasteiger partial charge in [0.05, 0.1) is 31.0 Å². The van der Waals surface area contributed by atoms with Crippen LogP contribution in [0, 0.1) is 6.92 Å². The van der Waals surface area contributed by atoms with E-state index in [1.807, 2.05) is 38.1 Å². The van der Waals surface area contributed by atoms with Crippen LogP contribution < -0.4 is 14.4 Å². The minimum Gasteiger partial charge on any atom is -0.507 e. The zero-order chi connectivity index (χ0) is 23.5. The van der Waals surface area contributed by atoms with Crippen molar-refractivity contribution >= 4 is 23.1 Å². The van der Waals surface area contributed by atoms with Crippen molar-refractivity contribution in [2.75, 3.05) is 18.6 Å². The van der Waals surface area contributed by atoms with Crippen molar-refractivity contribution in [2.45, 2.75) is 19.9 Å². The Morgan fingerprint density at radius 2 is 1.76 bits per heavy atom. The zero-order valence-electron chi connectivity index (χ0n) is 18.7. The van der Waals surface area contributed by atoms with Crippen LogP contribution in [0.25, 0.3) is 5.76 Å². The van der Waals surface area contributed by atoms with E-state index in [0.29, 0.717) is 34.9 Å². The molecule has 6 nitrogen and oxygen atoms in total. The molecule has 1 saturated heterocycles. The summed E-state index contributed by atoms with van der Waals surface area (Å²) in [5.41, 5.74) is 2.55. The Labute approximate surface area is 192 Å². The number of carbonyl (C=O) groups excluding carboxylic acids is 2. The summed E-state index contributed by atoms with van der Waals surface area (Å²) in [6.07, 6.45) is 0. The molecule has 0 bridgehead atoms. The Balaban J connectivity index is 1.96. The number of anilines is 1. The van der Waals surface area contributed by atoms with Gasteiger partial charge in [0, 0.05) is 5.56 Å². The summed E-state index contributed by atoms with van der Waals surface area (Å²) >= 11 is 0. The van der Waals surface area contributed by atoms with Crippen LogP contribution in [0.3, 0.4) is 0 Å². The van der Waals surface area contributed by atoms with Gasteiger partial charge in [0.15, 0.2) is 0 Å². The lowest BCUT2D eigenvalue weighted by Crippen LogP contribution is -2.29. The van der Waals surface area contributed by atoms with Crippen LogP contribution >= 0.6 is 0 Å². The van der Waals surface area contributed by atoms with Crippen molar-refractivity contribution < 1.29 is 24.2 Å². The van der Waals surface area contributed by atoms with Crippen LogP contribution in [0.1, 0.15) is 29.7 Å². The summed E-state index contributed by atoms with van der Waals surface area (Å²) in [5.74, 6) is -0.720. The van der Waals surface area contributed by atoms with Gasteiger partial charge < -0.3 is 14.6 Å². The summed E-state index contributed by atoms with van der Waals surface area (Å²) in [6, 6.07) is 20.6. The molecule has 1 N–H and O–H groups in total. The normalized spacial score (nSPS) is 17.3. The van der Waals surface area contributed by atoms with Gasteiger partial charge in [0.25, 0.3) is 11.7 Å². The molecule has 168 valence electrons. The third-order valence-electron chi connectivity index (χ3n) is 5.57. The second kappa shape index (κ2) is 9.20. The predicted molar refractivity (Wildman–Crippen MR) is 127 cm³/mol. The Morgan fingerprint density at radius 1 is 1.00 bits per heavy atom. The molecule has 0 aromatic heterocycles. The standard InChI is InChI=1S/C27H25NO5/c1-4-33-20-12-8-11-19(16-20)25(29)23-24(18-10-7-9-17(2)15-18)28(27(31)26(23)30)21-13-5-6-14-22(21)32-3/h5-16,24,29H,4H2,1-3H3/b25-23-. The van der Waals surface area contributed by atoms with Crippen LogP contribution in [0.2, 0.25) is 0 Å². The van der Waals surface area contributed by atoms with E-state index in [4.69, 9.17) is 9.47 Å². The van der Waals surface area contributed by atoms with E-state index in [1.165, 1.54) is 12.0 Å². The lowest BCUT2D eigenvalue weighted by molar-refractivity contribution is -0.132. The highest BCUT2D eigenvalue weighted by Crippen LogP contribution is 2.45. The topological polar surface area (TPSA) is 76.1 Å². The van der Waals surface area contributed by atoms with Crippen molar-refractivity contribution in [1.29, 1.82) is 0 Å². The van der Waals surface area contributed by atoms with E-state index < -0.39 is 17.7 Å². The summed E-state index contributed by atoms with van der Waals surface area (Å²) in [6.45, 7) is 4.26. The lowest BCUT2D eigenvalue weighted by Gasteiger charge is -2.27. The number of hydrogen-bond donors (Lipinski definition) is 1. The Morgan fingerprint density at radius 3 is 2.48 bits per heavy atom. The molecule has 0 saturated carbocycles. The molecule has 1 unspecified atom stereocenters. The number of carbonyl (C=O) groups is 2. The highest BCUT2D eigenvalue weighted by atomic mass is 16.5. The highest BCUT2D eigenvalue weighted by molar-refractivity contribution is 6.51. The molecule has 1 amide bonds. The molecule has 1 aliphatic heterocycles. The molecule has 33 heavy (non-hydrogen) atoms. The molecule has 0 radical (unpaired) electrons. The van der Waals surface area contributed by atoms with Gasteiger partial charge in [-0.25, -0.2) is 0 Å². The number of rotatable bonds is 6. The first-order chi connectivity index (χ1) is 16.0. The smallest absolute Gasteiger partial charge is 0.300 e. The van der Waals surface area contributed by atoms with Gasteiger partial charge in [-0.3, -0.25) is 14.5 Å². The lowest BCUT2D eigenvalue weighted by atomic mass is 9.94. The second-order valence-electron chi connectivity index (χ2n) is 7.72. The van der Waals surface area contributed by atoms with Gasteiger partial charge in [-0.05, 0) is 43.7 Å². The van der Waals surface area contributed by atoms with Gasteiger partial charge in [-0.15, -0.1) is 0 Å². The molecule has 3 aromatic rings.